The molecule has 0 aliphatic carbocycles. The van der Waals surface area contributed by atoms with E-state index in [2.05, 4.69) is 4.72 Å². The second-order valence-corrected chi connectivity index (χ2v) is 7.01. The lowest BCUT2D eigenvalue weighted by Gasteiger charge is -2.28. The molecular formula is C14H22N2O3S. The quantitative estimate of drug-likeness (QED) is 0.829. The predicted octanol–water partition coefficient (Wildman–Crippen LogP) is 1.67. The number of ether oxygens (including phenoxy) is 1. The largest absolute Gasteiger partial charge is 0.398 e. The summed E-state index contributed by atoms with van der Waals surface area (Å²) in [4.78, 5) is 0.261. The first kappa shape index (κ1) is 15.3. The number of nitrogens with two attached hydrogens (primary N) is 1. The standard InChI is InChI=1S/C14H22N2O3S/c1-10-13(15)4-3-5-14(10)20(17,18)16-11(2)12-6-8-19-9-7-12/h3-5,11-12,16H,6-9,15H2,1-2H3. The van der Waals surface area contributed by atoms with Crippen LogP contribution in [0.2, 0.25) is 0 Å². The Kier molecular flexibility index (Phi) is 4.67. The Balaban J connectivity index is 2.16. The van der Waals surface area contributed by atoms with Crippen LogP contribution in [0.4, 0.5) is 5.69 Å². The van der Waals surface area contributed by atoms with Crippen molar-refractivity contribution in [3.05, 3.63) is 23.8 Å². The van der Waals surface area contributed by atoms with E-state index in [1.807, 2.05) is 6.92 Å². The van der Waals surface area contributed by atoms with Crippen LogP contribution in [0.5, 0.6) is 0 Å². The van der Waals surface area contributed by atoms with Crippen molar-refractivity contribution in [3.63, 3.8) is 0 Å². The number of hydrogen-bond acceptors (Lipinski definition) is 4. The van der Waals surface area contributed by atoms with Crippen LogP contribution in [0, 0.1) is 12.8 Å². The van der Waals surface area contributed by atoms with E-state index in [1.165, 1.54) is 0 Å². The van der Waals surface area contributed by atoms with Crippen molar-refractivity contribution in [2.45, 2.75) is 37.6 Å². The Morgan fingerprint density at radius 3 is 2.65 bits per heavy atom. The number of nitrogen functional groups attached to an aromatic ring is 1. The molecule has 3 N–H and O–H groups in total. The maximum absolute atomic E-state index is 12.5. The van der Waals surface area contributed by atoms with Crippen molar-refractivity contribution in [1.29, 1.82) is 0 Å². The molecule has 1 unspecified atom stereocenters. The van der Waals surface area contributed by atoms with Gasteiger partial charge in [0.05, 0.1) is 4.90 Å². The zero-order valence-corrected chi connectivity index (χ0v) is 12.7. The summed E-state index contributed by atoms with van der Waals surface area (Å²) in [5.41, 5.74) is 6.87. The summed E-state index contributed by atoms with van der Waals surface area (Å²) in [7, 11) is -3.53. The summed E-state index contributed by atoms with van der Waals surface area (Å²) in [6.07, 6.45) is 1.78. The summed E-state index contributed by atoms with van der Waals surface area (Å²) in [6, 6.07) is 4.85. The van der Waals surface area contributed by atoms with Gasteiger partial charge < -0.3 is 10.5 Å². The molecule has 0 radical (unpaired) electrons. The normalized spacial score (nSPS) is 18.9. The van der Waals surface area contributed by atoms with Crippen molar-refractivity contribution in [1.82, 2.24) is 4.72 Å². The average molecular weight is 298 g/mol. The maximum atomic E-state index is 12.5. The lowest BCUT2D eigenvalue weighted by molar-refractivity contribution is 0.0585. The van der Waals surface area contributed by atoms with E-state index in [1.54, 1.807) is 25.1 Å². The van der Waals surface area contributed by atoms with Gasteiger partial charge in [-0.25, -0.2) is 13.1 Å². The molecule has 1 saturated heterocycles. The summed E-state index contributed by atoms with van der Waals surface area (Å²) >= 11 is 0. The van der Waals surface area contributed by atoms with Crippen molar-refractivity contribution in [2.75, 3.05) is 18.9 Å². The molecule has 1 aromatic rings. The molecule has 1 fully saturated rings. The van der Waals surface area contributed by atoms with Gasteiger partial charge in [-0.15, -0.1) is 0 Å². The molecule has 112 valence electrons. The Morgan fingerprint density at radius 2 is 2.00 bits per heavy atom. The van der Waals surface area contributed by atoms with Crippen molar-refractivity contribution < 1.29 is 13.2 Å². The highest BCUT2D eigenvalue weighted by Crippen LogP contribution is 2.23. The lowest BCUT2D eigenvalue weighted by Crippen LogP contribution is -2.40. The molecule has 0 aromatic heterocycles. The first-order chi connectivity index (χ1) is 9.42. The van der Waals surface area contributed by atoms with Gasteiger partial charge in [0, 0.05) is 24.9 Å². The van der Waals surface area contributed by atoms with E-state index >= 15 is 0 Å². The van der Waals surface area contributed by atoms with Crippen LogP contribution in [0.3, 0.4) is 0 Å². The number of rotatable bonds is 4. The third kappa shape index (κ3) is 3.31. The minimum absolute atomic E-state index is 0.107. The summed E-state index contributed by atoms with van der Waals surface area (Å²) < 4.78 is 33.0. The van der Waals surface area contributed by atoms with E-state index in [4.69, 9.17) is 10.5 Å². The van der Waals surface area contributed by atoms with Gasteiger partial charge in [0.1, 0.15) is 0 Å². The van der Waals surface area contributed by atoms with Gasteiger partial charge in [-0.2, -0.15) is 0 Å². The first-order valence-corrected chi connectivity index (χ1v) is 8.35. The van der Waals surface area contributed by atoms with Crippen LogP contribution >= 0.6 is 0 Å². The SMILES string of the molecule is Cc1c(N)cccc1S(=O)(=O)NC(C)C1CCOCC1. The average Bonchev–Trinajstić information content (AvgIpc) is 2.42. The lowest BCUT2D eigenvalue weighted by atomic mass is 9.94. The van der Waals surface area contributed by atoms with Crippen molar-refractivity contribution >= 4 is 15.7 Å². The van der Waals surface area contributed by atoms with Gasteiger partial charge in [-0.3, -0.25) is 0 Å². The minimum atomic E-state index is -3.53. The number of benzene rings is 1. The number of sulfonamides is 1. The second kappa shape index (κ2) is 6.11. The summed E-state index contributed by atoms with van der Waals surface area (Å²) in [6.45, 7) is 5.04. The molecule has 0 bridgehead atoms. The molecule has 1 aliphatic rings. The molecule has 1 atom stereocenters. The fraction of sp³-hybridized carbons (Fsp3) is 0.571. The molecule has 1 heterocycles. The zero-order chi connectivity index (χ0) is 14.8. The van der Waals surface area contributed by atoms with Crippen LogP contribution in [-0.2, 0) is 14.8 Å². The number of nitrogens with one attached hydrogen (secondary N) is 1. The predicted molar refractivity (Wildman–Crippen MR) is 78.9 cm³/mol. The summed E-state index contributed by atoms with van der Waals surface area (Å²) in [5, 5.41) is 0. The molecule has 2 rings (SSSR count). The molecule has 5 nitrogen and oxygen atoms in total. The molecule has 1 aromatic carbocycles. The highest BCUT2D eigenvalue weighted by Gasteiger charge is 2.26. The highest BCUT2D eigenvalue weighted by molar-refractivity contribution is 7.89. The van der Waals surface area contributed by atoms with Crippen LogP contribution in [0.15, 0.2) is 23.1 Å². The zero-order valence-electron chi connectivity index (χ0n) is 11.9. The van der Waals surface area contributed by atoms with E-state index in [-0.39, 0.29) is 10.9 Å². The Hall–Kier alpha value is -1.11. The van der Waals surface area contributed by atoms with Crippen LogP contribution in [0.25, 0.3) is 0 Å². The van der Waals surface area contributed by atoms with Crippen molar-refractivity contribution in [3.8, 4) is 0 Å². The third-order valence-corrected chi connectivity index (χ3v) is 5.63. The number of anilines is 1. The molecule has 20 heavy (non-hydrogen) atoms. The minimum Gasteiger partial charge on any atom is -0.398 e. The fourth-order valence-corrected chi connectivity index (χ4v) is 4.13. The van der Waals surface area contributed by atoms with Crippen LogP contribution in [0.1, 0.15) is 25.3 Å². The molecule has 0 spiro atoms. The fourth-order valence-electron chi connectivity index (χ4n) is 2.54. The second-order valence-electron chi connectivity index (χ2n) is 5.33. The third-order valence-electron chi connectivity index (χ3n) is 3.93. The van der Waals surface area contributed by atoms with Gasteiger partial charge in [-0.05, 0) is 50.3 Å². The van der Waals surface area contributed by atoms with E-state index < -0.39 is 10.0 Å². The topological polar surface area (TPSA) is 81.4 Å². The van der Waals surface area contributed by atoms with Crippen LogP contribution in [-0.4, -0.2) is 27.7 Å². The molecule has 1 aliphatic heterocycles. The maximum Gasteiger partial charge on any atom is 0.241 e. The van der Waals surface area contributed by atoms with Crippen molar-refractivity contribution in [2.24, 2.45) is 5.92 Å². The number of hydrogen-bond donors (Lipinski definition) is 2. The summed E-state index contributed by atoms with van der Waals surface area (Å²) in [5.74, 6) is 0.319. The van der Waals surface area contributed by atoms with Gasteiger partial charge in [0.2, 0.25) is 10.0 Å². The first-order valence-electron chi connectivity index (χ1n) is 6.87. The van der Waals surface area contributed by atoms with E-state index in [0.29, 0.717) is 30.4 Å². The molecule has 0 saturated carbocycles. The molecular weight excluding hydrogens is 276 g/mol. The Bertz CT molecular complexity index is 566. The molecule has 0 amide bonds. The van der Waals surface area contributed by atoms with Gasteiger partial charge >= 0.3 is 0 Å². The Labute approximate surface area is 120 Å². The van der Waals surface area contributed by atoms with Gasteiger partial charge in [0.15, 0.2) is 0 Å². The van der Waals surface area contributed by atoms with E-state index in [0.717, 1.165) is 12.8 Å². The highest BCUT2D eigenvalue weighted by atomic mass is 32.2. The van der Waals surface area contributed by atoms with E-state index in [9.17, 15) is 8.42 Å². The van der Waals surface area contributed by atoms with Gasteiger partial charge in [0.25, 0.3) is 0 Å². The van der Waals surface area contributed by atoms with Gasteiger partial charge in [-0.1, -0.05) is 6.07 Å². The molecule has 6 heteroatoms. The van der Waals surface area contributed by atoms with Crippen LogP contribution < -0.4 is 10.5 Å². The Morgan fingerprint density at radius 1 is 1.35 bits per heavy atom. The monoisotopic (exact) mass is 298 g/mol. The smallest absolute Gasteiger partial charge is 0.241 e.